The van der Waals surface area contributed by atoms with Crippen LogP contribution >= 0.6 is 15.9 Å². The van der Waals surface area contributed by atoms with Crippen LogP contribution in [0.4, 0.5) is 0 Å². The van der Waals surface area contributed by atoms with Gasteiger partial charge in [-0.25, -0.2) is 0 Å². The highest BCUT2D eigenvalue weighted by Crippen LogP contribution is 2.34. The maximum atomic E-state index is 12.0. The van der Waals surface area contributed by atoms with Crippen LogP contribution in [0.1, 0.15) is 44.9 Å². The summed E-state index contributed by atoms with van der Waals surface area (Å²) in [5.74, 6) is 1.15. The normalized spacial score (nSPS) is 26.7. The number of likely N-dealkylation sites (tertiary alicyclic amines) is 1. The van der Waals surface area contributed by atoms with Crippen LogP contribution in [-0.4, -0.2) is 28.7 Å². The predicted molar refractivity (Wildman–Crippen MR) is 65.1 cm³/mol. The van der Waals surface area contributed by atoms with Crippen LogP contribution in [0, 0.1) is 5.92 Å². The number of amides is 1. The molecule has 2 nitrogen and oxygen atoms in total. The Morgan fingerprint density at radius 3 is 2.73 bits per heavy atom. The molecule has 1 saturated carbocycles. The van der Waals surface area contributed by atoms with Crippen molar-refractivity contribution in [2.45, 2.75) is 51.0 Å². The van der Waals surface area contributed by atoms with E-state index in [0.29, 0.717) is 11.9 Å². The van der Waals surface area contributed by atoms with Crippen molar-refractivity contribution in [1.82, 2.24) is 4.90 Å². The van der Waals surface area contributed by atoms with E-state index >= 15 is 0 Å². The van der Waals surface area contributed by atoms with E-state index in [2.05, 4.69) is 20.8 Å². The van der Waals surface area contributed by atoms with Crippen molar-refractivity contribution >= 4 is 21.8 Å². The summed E-state index contributed by atoms with van der Waals surface area (Å²) >= 11 is 3.49. The molecule has 1 aliphatic carbocycles. The van der Waals surface area contributed by atoms with Gasteiger partial charge >= 0.3 is 0 Å². The Balaban J connectivity index is 1.87. The highest BCUT2D eigenvalue weighted by Gasteiger charge is 2.31. The molecule has 1 heterocycles. The second kappa shape index (κ2) is 5.33. The van der Waals surface area contributed by atoms with Gasteiger partial charge in [0.15, 0.2) is 0 Å². The molecular formula is C12H20BrNO. The smallest absolute Gasteiger partial charge is 0.223 e. The third-order valence-corrected chi connectivity index (χ3v) is 4.01. The van der Waals surface area contributed by atoms with Crippen molar-refractivity contribution in [3.8, 4) is 0 Å². The van der Waals surface area contributed by atoms with Crippen molar-refractivity contribution in [3.63, 3.8) is 0 Å². The first-order chi connectivity index (χ1) is 7.31. The second-order valence-electron chi connectivity index (χ2n) is 4.86. The lowest BCUT2D eigenvalue weighted by molar-refractivity contribution is -0.135. The van der Waals surface area contributed by atoms with E-state index in [1.807, 2.05) is 0 Å². The van der Waals surface area contributed by atoms with Gasteiger partial charge in [0.25, 0.3) is 0 Å². The average Bonchev–Trinajstić information content (AvgIpc) is 3.03. The molecule has 0 aromatic heterocycles. The van der Waals surface area contributed by atoms with Crippen LogP contribution in [0.3, 0.4) is 0 Å². The fourth-order valence-corrected chi connectivity index (χ4v) is 2.97. The Morgan fingerprint density at radius 2 is 2.07 bits per heavy atom. The van der Waals surface area contributed by atoms with Gasteiger partial charge in [-0.1, -0.05) is 15.9 Å². The summed E-state index contributed by atoms with van der Waals surface area (Å²) < 4.78 is 0. The zero-order chi connectivity index (χ0) is 10.7. The molecule has 1 amide bonds. The molecule has 2 rings (SSSR count). The Morgan fingerprint density at radius 1 is 1.27 bits per heavy atom. The minimum Gasteiger partial charge on any atom is -0.340 e. The molecular weight excluding hydrogens is 254 g/mol. The van der Waals surface area contributed by atoms with E-state index in [1.165, 1.54) is 32.1 Å². The zero-order valence-corrected chi connectivity index (χ0v) is 10.8. The maximum absolute atomic E-state index is 12.0. The number of hydrogen-bond donors (Lipinski definition) is 0. The second-order valence-corrected chi connectivity index (χ2v) is 5.65. The molecule has 1 atom stereocenters. The van der Waals surface area contributed by atoms with Crippen LogP contribution in [0.25, 0.3) is 0 Å². The molecule has 1 saturated heterocycles. The van der Waals surface area contributed by atoms with Crippen molar-refractivity contribution in [2.75, 3.05) is 11.9 Å². The molecule has 2 fully saturated rings. The van der Waals surface area contributed by atoms with Crippen LogP contribution in [0.15, 0.2) is 0 Å². The van der Waals surface area contributed by atoms with Crippen LogP contribution < -0.4 is 0 Å². The quantitative estimate of drug-likeness (QED) is 0.722. The minimum atomic E-state index is 0.420. The molecule has 86 valence electrons. The molecule has 0 aromatic rings. The number of piperidine rings is 1. The number of rotatable bonds is 4. The molecule has 15 heavy (non-hydrogen) atoms. The summed E-state index contributed by atoms with van der Waals surface area (Å²) in [5.41, 5.74) is 0. The number of carbonyl (C=O) groups excluding carboxylic acids is 1. The summed E-state index contributed by atoms with van der Waals surface area (Å²) in [4.78, 5) is 14.2. The average molecular weight is 274 g/mol. The van der Waals surface area contributed by atoms with Crippen LogP contribution in [0.2, 0.25) is 0 Å². The van der Waals surface area contributed by atoms with Gasteiger partial charge in [0.2, 0.25) is 5.91 Å². The van der Waals surface area contributed by atoms with E-state index in [9.17, 15) is 4.79 Å². The van der Waals surface area contributed by atoms with E-state index in [-0.39, 0.29) is 0 Å². The van der Waals surface area contributed by atoms with Gasteiger partial charge in [-0.3, -0.25) is 4.79 Å². The summed E-state index contributed by atoms with van der Waals surface area (Å²) in [6.07, 6.45) is 8.21. The lowest BCUT2D eigenvalue weighted by atomic mass is 9.99. The molecule has 3 heteroatoms. The van der Waals surface area contributed by atoms with Crippen LogP contribution in [0.5, 0.6) is 0 Å². The standard InChI is InChI=1S/C12H20BrNO/c13-7-6-11-3-1-2-8-14(11)12(15)9-10-4-5-10/h10-11H,1-9H2. The number of carbonyl (C=O) groups is 1. The highest BCUT2D eigenvalue weighted by molar-refractivity contribution is 9.09. The number of hydrogen-bond acceptors (Lipinski definition) is 1. The monoisotopic (exact) mass is 273 g/mol. The Bertz CT molecular complexity index is 226. The highest BCUT2D eigenvalue weighted by atomic mass is 79.9. The zero-order valence-electron chi connectivity index (χ0n) is 9.25. The van der Waals surface area contributed by atoms with E-state index < -0.39 is 0 Å². The van der Waals surface area contributed by atoms with Gasteiger partial charge < -0.3 is 4.90 Å². The fraction of sp³-hybridized carbons (Fsp3) is 0.917. The van der Waals surface area contributed by atoms with E-state index in [1.54, 1.807) is 0 Å². The van der Waals surface area contributed by atoms with Gasteiger partial charge in [0.05, 0.1) is 0 Å². The first kappa shape index (κ1) is 11.4. The minimum absolute atomic E-state index is 0.420. The fourth-order valence-electron chi connectivity index (χ4n) is 2.44. The predicted octanol–water partition coefficient (Wildman–Crippen LogP) is 2.95. The van der Waals surface area contributed by atoms with Crippen molar-refractivity contribution in [1.29, 1.82) is 0 Å². The number of nitrogens with zero attached hydrogens (tertiary/aromatic N) is 1. The molecule has 1 unspecified atom stereocenters. The summed E-state index contributed by atoms with van der Waals surface area (Å²) in [6, 6.07) is 0.518. The molecule has 2 aliphatic rings. The SMILES string of the molecule is O=C(CC1CC1)N1CCCCC1CCBr. The molecule has 0 N–H and O–H groups in total. The van der Waals surface area contributed by atoms with Crippen molar-refractivity contribution in [3.05, 3.63) is 0 Å². The van der Waals surface area contributed by atoms with Crippen LogP contribution in [-0.2, 0) is 4.79 Å². The lowest BCUT2D eigenvalue weighted by Gasteiger charge is -2.35. The molecule has 1 aliphatic heterocycles. The Labute approximate surface area is 101 Å². The van der Waals surface area contributed by atoms with E-state index in [4.69, 9.17) is 0 Å². The van der Waals surface area contributed by atoms with E-state index in [0.717, 1.165) is 30.6 Å². The summed E-state index contributed by atoms with van der Waals surface area (Å²) in [7, 11) is 0. The summed E-state index contributed by atoms with van der Waals surface area (Å²) in [5, 5.41) is 1.02. The maximum Gasteiger partial charge on any atom is 0.223 e. The molecule has 0 spiro atoms. The first-order valence-corrected chi connectivity index (χ1v) is 7.29. The first-order valence-electron chi connectivity index (χ1n) is 6.16. The van der Waals surface area contributed by atoms with Gasteiger partial charge in [-0.15, -0.1) is 0 Å². The Kier molecular flexibility index (Phi) is 4.06. The third kappa shape index (κ3) is 3.20. The molecule has 0 bridgehead atoms. The Hall–Kier alpha value is -0.0500. The van der Waals surface area contributed by atoms with Gasteiger partial charge in [-0.2, -0.15) is 0 Å². The molecule has 0 radical (unpaired) electrons. The van der Waals surface area contributed by atoms with Gasteiger partial charge in [0, 0.05) is 24.3 Å². The van der Waals surface area contributed by atoms with Crippen molar-refractivity contribution < 1.29 is 4.79 Å². The molecule has 0 aromatic carbocycles. The third-order valence-electron chi connectivity index (χ3n) is 3.55. The number of halogens is 1. The van der Waals surface area contributed by atoms with Gasteiger partial charge in [-0.05, 0) is 44.4 Å². The number of alkyl halides is 1. The lowest BCUT2D eigenvalue weighted by Crippen LogP contribution is -2.44. The summed E-state index contributed by atoms with van der Waals surface area (Å²) in [6.45, 7) is 1.00. The van der Waals surface area contributed by atoms with Crippen molar-refractivity contribution in [2.24, 2.45) is 5.92 Å². The topological polar surface area (TPSA) is 20.3 Å². The van der Waals surface area contributed by atoms with Gasteiger partial charge in [0.1, 0.15) is 0 Å². The largest absolute Gasteiger partial charge is 0.340 e.